The first-order valence-corrected chi connectivity index (χ1v) is 38.7. The van der Waals surface area contributed by atoms with Crippen LogP contribution in [0.3, 0.4) is 0 Å². The molecule has 0 bridgehead atoms. The van der Waals surface area contributed by atoms with Gasteiger partial charge in [0, 0.05) is 0 Å². The first-order chi connectivity index (χ1) is 32.4. The molecule has 0 aliphatic heterocycles. The molecule has 66 heavy (non-hydrogen) atoms. The van der Waals surface area contributed by atoms with Crippen LogP contribution in [0.2, 0.25) is 0 Å². The fourth-order valence-corrected chi connectivity index (χ4v) is 62.8. The summed E-state index contributed by atoms with van der Waals surface area (Å²) in [5, 5.41) is 12.7. The zero-order valence-electron chi connectivity index (χ0n) is 37.2. The number of halogens is 2. The number of rotatable bonds is 9. The summed E-state index contributed by atoms with van der Waals surface area (Å²) in [7, 11) is 19.2. The Morgan fingerprint density at radius 1 is 0.394 bits per heavy atom. The molecule has 0 aromatic heterocycles. The van der Waals surface area contributed by atoms with E-state index in [1.54, 1.807) is 0 Å². The Bertz CT molecular complexity index is 3280. The molecule has 0 heterocycles. The van der Waals surface area contributed by atoms with Gasteiger partial charge in [-0.15, -0.1) is 0 Å². The number of hydrogen-bond donors (Lipinski definition) is 0. The Hall–Kier alpha value is -5.60. The molecule has 4 heteroatoms. The van der Waals surface area contributed by atoms with E-state index in [0.29, 0.717) is 0 Å². The number of hydrogen-bond acceptors (Lipinski definition) is 0. The van der Waals surface area contributed by atoms with Crippen molar-refractivity contribution in [3.8, 4) is 22.3 Å². The fourth-order valence-electron chi connectivity index (χ4n) is 12.5. The van der Waals surface area contributed by atoms with Crippen LogP contribution in [0.25, 0.3) is 77.5 Å². The van der Waals surface area contributed by atoms with Gasteiger partial charge in [-0.3, -0.25) is 0 Å². The zero-order valence-corrected chi connectivity index (χ0v) is 42.3. The topological polar surface area (TPSA) is 0 Å². The van der Waals surface area contributed by atoms with Gasteiger partial charge in [0.15, 0.2) is 0 Å². The van der Waals surface area contributed by atoms with Gasteiger partial charge in [-0.05, 0) is 0 Å². The van der Waals surface area contributed by atoms with Gasteiger partial charge in [0.05, 0.1) is 0 Å². The van der Waals surface area contributed by atoms with E-state index in [0.717, 1.165) is 12.8 Å². The first-order valence-electron chi connectivity index (χ1n) is 23.5. The summed E-state index contributed by atoms with van der Waals surface area (Å²) in [6.45, 7) is 4.65. The van der Waals surface area contributed by atoms with Crippen molar-refractivity contribution in [1.29, 1.82) is 0 Å². The van der Waals surface area contributed by atoms with Gasteiger partial charge in [-0.2, -0.15) is 0 Å². The third-order valence-electron chi connectivity index (χ3n) is 15.1. The summed E-state index contributed by atoms with van der Waals surface area (Å²) in [6, 6.07) is 76.6. The zero-order chi connectivity index (χ0) is 44.6. The average molecular weight is 984 g/mol. The Kier molecular flexibility index (Phi) is 10.3. The van der Waals surface area contributed by atoms with Gasteiger partial charge >= 0.3 is 400 Å². The monoisotopic (exact) mass is 981 g/mol. The van der Waals surface area contributed by atoms with Crippen LogP contribution in [0.1, 0.15) is 56.2 Å². The fraction of sp³-hybridized carbons (Fsp3) is 0.0968. The maximum atomic E-state index is 9.58. The minimum absolute atomic E-state index is 0.124. The molecule has 12 rings (SSSR count). The molecule has 0 spiro atoms. The van der Waals surface area contributed by atoms with Gasteiger partial charge in [0.1, 0.15) is 0 Å². The van der Waals surface area contributed by atoms with Crippen LogP contribution < -0.4 is 10.4 Å². The van der Waals surface area contributed by atoms with Crippen LogP contribution in [0.4, 0.5) is 0 Å². The second-order valence-corrected chi connectivity index (χ2v) is 56.6. The number of allylic oxidation sites excluding steroid dienone is 2. The quantitative estimate of drug-likeness (QED) is 0.0999. The molecule has 0 saturated carbocycles. The van der Waals surface area contributed by atoms with Crippen LogP contribution in [0.15, 0.2) is 217 Å². The van der Waals surface area contributed by atoms with Gasteiger partial charge in [0.2, 0.25) is 0 Å². The average Bonchev–Trinajstić information content (AvgIpc) is 3.97. The summed E-state index contributed by atoms with van der Waals surface area (Å²) in [5.74, 6) is -2.51. The second kappa shape index (κ2) is 16.3. The molecule has 0 fully saturated rings. The van der Waals surface area contributed by atoms with E-state index in [2.05, 4.69) is 232 Å². The molecular weight excluding hydrogens is 935 g/mol. The van der Waals surface area contributed by atoms with Crippen LogP contribution in [0, 0.1) is 0 Å². The molecule has 0 saturated heterocycles. The summed E-state index contributed by atoms with van der Waals surface area (Å²) < 4.78 is -0.248. The van der Waals surface area contributed by atoms with E-state index in [9.17, 15) is 17.0 Å². The third-order valence-corrected chi connectivity index (χ3v) is 57.0. The van der Waals surface area contributed by atoms with Crippen LogP contribution in [0.5, 0.6) is 0 Å². The van der Waals surface area contributed by atoms with Crippen molar-refractivity contribution < 1.29 is 15.6 Å². The Balaban J connectivity index is 1.18. The van der Waals surface area contributed by atoms with Crippen LogP contribution in [-0.4, -0.2) is 5.92 Å². The molecule has 2 aliphatic rings. The van der Waals surface area contributed by atoms with Crippen molar-refractivity contribution in [2.75, 3.05) is 0 Å². The SMILES string of the molecule is CCC1=Cc2c(-c3c4ccccc4cc4ccccc34)cccc2[CH]1[Zr]([Cl])([Cl])([CH]1C(CC)=Cc2c(-c3c4ccccc4cc4ccccc34)cccc21)[SiH](c1ccccc1)c1ccccc1. The van der Waals surface area contributed by atoms with Gasteiger partial charge in [-0.1, -0.05) is 0 Å². The van der Waals surface area contributed by atoms with Crippen molar-refractivity contribution >= 4 is 88.6 Å². The van der Waals surface area contributed by atoms with E-state index in [4.69, 9.17) is 0 Å². The summed E-state index contributed by atoms with van der Waals surface area (Å²) in [4.78, 5) is 0. The normalized spacial score (nSPS) is 16.3. The van der Waals surface area contributed by atoms with Crippen molar-refractivity contribution in [1.82, 2.24) is 0 Å². The van der Waals surface area contributed by atoms with E-state index >= 15 is 0 Å². The predicted octanol–water partition coefficient (Wildman–Crippen LogP) is 16.6. The summed E-state index contributed by atoms with van der Waals surface area (Å²) in [5.41, 5.74) is 12.9. The maximum absolute atomic E-state index is 9.58. The van der Waals surface area contributed by atoms with E-state index < -0.39 is 21.5 Å². The van der Waals surface area contributed by atoms with Crippen molar-refractivity contribution in [3.63, 3.8) is 0 Å². The van der Waals surface area contributed by atoms with Crippen LogP contribution in [-0.2, 0) is 15.6 Å². The molecule has 319 valence electrons. The number of fused-ring (bicyclic) bond motifs is 6. The van der Waals surface area contributed by atoms with E-state index in [1.165, 1.54) is 109 Å². The second-order valence-electron chi connectivity index (χ2n) is 18.5. The van der Waals surface area contributed by atoms with Crippen molar-refractivity contribution in [2.24, 2.45) is 0 Å². The van der Waals surface area contributed by atoms with Gasteiger partial charge in [0.25, 0.3) is 0 Å². The first kappa shape index (κ1) is 41.8. The molecule has 0 N–H and O–H groups in total. The standard InChI is InChI=1S/2C25H19.C12H11Si.2ClH.Zr/c2*1-2-17-14-18-10-7-13-23(24(18)15-17)25-21-11-5-3-8-19(21)16-20-9-4-6-12-22(20)25;1-3-7-11(8-4-1)13-12-9-5-2-6-10-12;;;/h2*3-16H,2H2,1H3;1-10,13H;2*1H;/q;;;;;+2/p-2. The molecular formula is C62H49Cl2SiZr. The summed E-state index contributed by atoms with van der Waals surface area (Å²) in [6.07, 6.45) is 6.76. The van der Waals surface area contributed by atoms with Crippen LogP contribution >= 0.6 is 17.0 Å². The van der Waals surface area contributed by atoms with E-state index in [1.807, 2.05) is 0 Å². The van der Waals surface area contributed by atoms with Gasteiger partial charge in [-0.25, -0.2) is 0 Å². The number of benzene rings is 10. The predicted molar refractivity (Wildman–Crippen MR) is 287 cm³/mol. The molecule has 2 aliphatic carbocycles. The molecule has 0 radical (unpaired) electrons. The third kappa shape index (κ3) is 6.33. The van der Waals surface area contributed by atoms with Crippen molar-refractivity contribution in [2.45, 2.75) is 33.9 Å². The Morgan fingerprint density at radius 2 is 0.727 bits per heavy atom. The molecule has 0 amide bonds. The molecule has 10 aromatic rings. The Labute approximate surface area is 396 Å². The molecule has 10 aromatic carbocycles. The van der Waals surface area contributed by atoms with Gasteiger partial charge < -0.3 is 0 Å². The molecule has 0 nitrogen and oxygen atoms in total. The van der Waals surface area contributed by atoms with E-state index in [-0.39, 0.29) is 7.25 Å². The molecule has 2 unspecified atom stereocenters. The molecule has 2 atom stereocenters. The Morgan fingerprint density at radius 3 is 1.08 bits per heavy atom. The minimum atomic E-state index is -5.69. The summed E-state index contributed by atoms with van der Waals surface area (Å²) >= 11 is -5.69. The van der Waals surface area contributed by atoms with Crippen molar-refractivity contribution in [3.05, 3.63) is 240 Å².